The van der Waals surface area contributed by atoms with Crippen LogP contribution in [0.4, 0.5) is 5.82 Å². The first kappa shape index (κ1) is 16.6. The number of hydrogen-bond donors (Lipinski definition) is 2. The molecule has 6 heteroatoms. The summed E-state index contributed by atoms with van der Waals surface area (Å²) in [5.74, 6) is 1.00. The van der Waals surface area contributed by atoms with E-state index in [9.17, 15) is 4.79 Å². The number of nitrogens with one attached hydrogen (secondary N) is 2. The summed E-state index contributed by atoms with van der Waals surface area (Å²) in [6, 6.07) is 10.4. The number of anilines is 1. The van der Waals surface area contributed by atoms with Crippen LogP contribution in [0.25, 0.3) is 16.9 Å². The minimum Gasteiger partial charge on any atom is -0.369 e. The van der Waals surface area contributed by atoms with Crippen LogP contribution < -0.4 is 10.6 Å². The number of rotatable bonds is 6. The summed E-state index contributed by atoms with van der Waals surface area (Å²) < 4.78 is 1.98. The van der Waals surface area contributed by atoms with Gasteiger partial charge < -0.3 is 10.6 Å². The molecule has 0 spiro atoms. The van der Waals surface area contributed by atoms with Gasteiger partial charge in [0.15, 0.2) is 5.65 Å². The number of fused-ring (bicyclic) bond motifs is 1. The maximum absolute atomic E-state index is 12.2. The number of amides is 1. The number of aromatic nitrogens is 3. The Bertz CT molecular complexity index is 884. The topological polar surface area (TPSA) is 71.3 Å². The van der Waals surface area contributed by atoms with Gasteiger partial charge in [-0.05, 0) is 12.8 Å². The lowest BCUT2D eigenvalue weighted by Gasteiger charge is -2.13. The van der Waals surface area contributed by atoms with Crippen LogP contribution in [0.5, 0.6) is 0 Å². The van der Waals surface area contributed by atoms with Crippen molar-refractivity contribution in [1.82, 2.24) is 19.7 Å². The molecule has 134 valence electrons. The molecule has 0 atom stereocenters. The second-order valence-corrected chi connectivity index (χ2v) is 6.71. The highest BCUT2D eigenvalue weighted by Gasteiger charge is 2.17. The molecule has 2 N–H and O–H groups in total. The standard InChI is InChI=1S/C20H23N5O/c26-18(23-16-8-4-5-9-16)10-11-22-20-19(15-6-2-1-3-7-15)24-17-14-21-12-13-25(17)20/h1-3,6-7,12-14,16,22H,4-5,8-11H2,(H,23,26). The fourth-order valence-corrected chi connectivity index (χ4v) is 3.54. The molecule has 2 heterocycles. The third-order valence-corrected chi connectivity index (χ3v) is 4.84. The quantitative estimate of drug-likeness (QED) is 0.716. The van der Waals surface area contributed by atoms with Crippen molar-refractivity contribution in [2.45, 2.75) is 38.1 Å². The second-order valence-electron chi connectivity index (χ2n) is 6.71. The average molecular weight is 349 g/mol. The van der Waals surface area contributed by atoms with Crippen molar-refractivity contribution in [3.05, 3.63) is 48.9 Å². The van der Waals surface area contributed by atoms with E-state index in [1.165, 1.54) is 12.8 Å². The van der Waals surface area contributed by atoms with E-state index >= 15 is 0 Å². The molecule has 1 aliphatic rings. The fourth-order valence-electron chi connectivity index (χ4n) is 3.54. The molecule has 1 amide bonds. The zero-order chi connectivity index (χ0) is 17.8. The van der Waals surface area contributed by atoms with Gasteiger partial charge in [-0.25, -0.2) is 4.98 Å². The molecule has 1 fully saturated rings. The normalized spacial score (nSPS) is 14.6. The number of benzene rings is 1. The minimum atomic E-state index is 0.112. The van der Waals surface area contributed by atoms with E-state index in [-0.39, 0.29) is 5.91 Å². The van der Waals surface area contributed by atoms with Crippen LogP contribution in [0, 0.1) is 0 Å². The Morgan fingerprint density at radius 3 is 2.81 bits per heavy atom. The maximum atomic E-state index is 12.2. The van der Waals surface area contributed by atoms with E-state index in [1.807, 2.05) is 40.9 Å². The van der Waals surface area contributed by atoms with E-state index in [1.54, 1.807) is 12.4 Å². The van der Waals surface area contributed by atoms with E-state index in [2.05, 4.69) is 15.6 Å². The van der Waals surface area contributed by atoms with Crippen LogP contribution in [-0.2, 0) is 4.79 Å². The highest BCUT2D eigenvalue weighted by Crippen LogP contribution is 2.28. The fraction of sp³-hybridized carbons (Fsp3) is 0.350. The predicted molar refractivity (Wildman–Crippen MR) is 102 cm³/mol. The summed E-state index contributed by atoms with van der Waals surface area (Å²) in [6.07, 6.45) is 10.5. The van der Waals surface area contributed by atoms with Crippen LogP contribution in [0.2, 0.25) is 0 Å². The Morgan fingerprint density at radius 2 is 2.00 bits per heavy atom. The van der Waals surface area contributed by atoms with Gasteiger partial charge in [0.25, 0.3) is 0 Å². The van der Waals surface area contributed by atoms with Crippen LogP contribution in [0.3, 0.4) is 0 Å². The highest BCUT2D eigenvalue weighted by molar-refractivity contribution is 5.78. The van der Waals surface area contributed by atoms with Gasteiger partial charge in [0, 0.05) is 37.0 Å². The van der Waals surface area contributed by atoms with Crippen molar-refractivity contribution < 1.29 is 4.79 Å². The van der Waals surface area contributed by atoms with Gasteiger partial charge in [-0.3, -0.25) is 14.2 Å². The van der Waals surface area contributed by atoms with Crippen molar-refractivity contribution >= 4 is 17.4 Å². The molecule has 0 saturated heterocycles. The van der Waals surface area contributed by atoms with Gasteiger partial charge in [-0.1, -0.05) is 43.2 Å². The molecule has 4 rings (SSSR count). The average Bonchev–Trinajstić information content (AvgIpc) is 3.30. The predicted octanol–water partition coefficient (Wildman–Crippen LogP) is 3.26. The lowest BCUT2D eigenvalue weighted by Crippen LogP contribution is -2.33. The number of carbonyl (C=O) groups excluding carboxylic acids is 1. The van der Waals surface area contributed by atoms with Crippen molar-refractivity contribution in [3.63, 3.8) is 0 Å². The summed E-state index contributed by atoms with van der Waals surface area (Å²) >= 11 is 0. The van der Waals surface area contributed by atoms with Gasteiger partial charge in [0.2, 0.25) is 5.91 Å². The van der Waals surface area contributed by atoms with Crippen LogP contribution in [-0.4, -0.2) is 32.9 Å². The van der Waals surface area contributed by atoms with Crippen LogP contribution in [0.1, 0.15) is 32.1 Å². The minimum absolute atomic E-state index is 0.112. The summed E-state index contributed by atoms with van der Waals surface area (Å²) in [4.78, 5) is 21.0. The summed E-state index contributed by atoms with van der Waals surface area (Å²) in [5, 5.41) is 6.53. The molecule has 26 heavy (non-hydrogen) atoms. The van der Waals surface area contributed by atoms with Gasteiger partial charge >= 0.3 is 0 Å². The molecular formula is C20H23N5O. The molecule has 2 aromatic heterocycles. The van der Waals surface area contributed by atoms with E-state index < -0.39 is 0 Å². The lowest BCUT2D eigenvalue weighted by molar-refractivity contribution is -0.121. The van der Waals surface area contributed by atoms with E-state index in [4.69, 9.17) is 4.98 Å². The van der Waals surface area contributed by atoms with Gasteiger partial charge in [-0.2, -0.15) is 0 Å². The summed E-state index contributed by atoms with van der Waals surface area (Å²) in [5.41, 5.74) is 2.69. The smallest absolute Gasteiger partial charge is 0.221 e. The van der Waals surface area contributed by atoms with E-state index in [0.717, 1.165) is 35.6 Å². The Labute approximate surface area is 152 Å². The Morgan fingerprint density at radius 1 is 1.19 bits per heavy atom. The summed E-state index contributed by atoms with van der Waals surface area (Å²) in [6.45, 7) is 0.564. The van der Waals surface area contributed by atoms with Crippen molar-refractivity contribution in [3.8, 4) is 11.3 Å². The van der Waals surface area contributed by atoms with Gasteiger partial charge in [0.1, 0.15) is 11.5 Å². The third kappa shape index (κ3) is 3.54. The molecular weight excluding hydrogens is 326 g/mol. The zero-order valence-electron chi connectivity index (χ0n) is 14.7. The molecule has 1 aromatic carbocycles. The molecule has 6 nitrogen and oxygen atoms in total. The third-order valence-electron chi connectivity index (χ3n) is 4.84. The first-order valence-corrected chi connectivity index (χ1v) is 9.22. The first-order valence-electron chi connectivity index (χ1n) is 9.22. The lowest BCUT2D eigenvalue weighted by atomic mass is 10.1. The SMILES string of the molecule is O=C(CCNc1c(-c2ccccc2)nc2cnccn12)NC1CCCC1. The van der Waals surface area contributed by atoms with Crippen LogP contribution >= 0.6 is 0 Å². The summed E-state index contributed by atoms with van der Waals surface area (Å²) in [7, 11) is 0. The Hall–Kier alpha value is -2.89. The number of hydrogen-bond acceptors (Lipinski definition) is 4. The molecule has 0 radical (unpaired) electrons. The molecule has 1 saturated carbocycles. The molecule has 0 bridgehead atoms. The Balaban J connectivity index is 1.49. The van der Waals surface area contributed by atoms with Gasteiger partial charge in [-0.15, -0.1) is 0 Å². The Kier molecular flexibility index (Phi) is 4.82. The monoisotopic (exact) mass is 349 g/mol. The highest BCUT2D eigenvalue weighted by atomic mass is 16.1. The van der Waals surface area contributed by atoms with E-state index in [0.29, 0.717) is 19.0 Å². The first-order chi connectivity index (χ1) is 12.8. The van der Waals surface area contributed by atoms with Crippen molar-refractivity contribution in [1.29, 1.82) is 0 Å². The largest absolute Gasteiger partial charge is 0.369 e. The van der Waals surface area contributed by atoms with Crippen LogP contribution in [0.15, 0.2) is 48.9 Å². The van der Waals surface area contributed by atoms with Crippen molar-refractivity contribution in [2.75, 3.05) is 11.9 Å². The second kappa shape index (κ2) is 7.56. The number of carbonyl (C=O) groups is 1. The maximum Gasteiger partial charge on any atom is 0.221 e. The van der Waals surface area contributed by atoms with Gasteiger partial charge in [0.05, 0.1) is 6.20 Å². The molecule has 0 aliphatic heterocycles. The van der Waals surface area contributed by atoms with Crippen molar-refractivity contribution in [2.24, 2.45) is 0 Å². The molecule has 1 aliphatic carbocycles. The zero-order valence-corrected chi connectivity index (χ0v) is 14.7. The number of nitrogens with zero attached hydrogens (tertiary/aromatic N) is 3. The molecule has 3 aromatic rings. The number of imidazole rings is 1. The molecule has 0 unspecified atom stereocenters.